The Bertz CT molecular complexity index is 965. The first-order valence-electron chi connectivity index (χ1n) is 10.9. The van der Waals surface area contributed by atoms with Gasteiger partial charge in [-0.1, -0.05) is 49.8 Å². The molecule has 0 saturated carbocycles. The van der Waals surface area contributed by atoms with Gasteiger partial charge in [-0.25, -0.2) is 0 Å². The second-order valence-electron chi connectivity index (χ2n) is 8.90. The molecule has 1 aliphatic rings. The smallest absolute Gasteiger partial charge is 0.127 e. The summed E-state index contributed by atoms with van der Waals surface area (Å²) in [7, 11) is 0. The summed E-state index contributed by atoms with van der Waals surface area (Å²) in [6.45, 7) is 14.4. The summed E-state index contributed by atoms with van der Waals surface area (Å²) in [5.41, 5.74) is 6.07. The Labute approximate surface area is 181 Å². The minimum absolute atomic E-state index is 0.201. The first-order valence-corrected chi connectivity index (χ1v) is 10.9. The second kappa shape index (κ2) is 9.38. The third kappa shape index (κ3) is 4.53. The van der Waals surface area contributed by atoms with Crippen molar-refractivity contribution in [2.75, 3.05) is 0 Å². The van der Waals surface area contributed by atoms with Crippen LogP contribution in [0.5, 0.6) is 11.5 Å². The van der Waals surface area contributed by atoms with Crippen LogP contribution in [0, 0.1) is 11.8 Å². The monoisotopic (exact) mass is 402 g/mol. The van der Waals surface area contributed by atoms with Crippen LogP contribution in [0.3, 0.4) is 0 Å². The molecule has 0 amide bonds. The van der Waals surface area contributed by atoms with E-state index in [9.17, 15) is 10.2 Å². The van der Waals surface area contributed by atoms with Crippen LogP contribution in [0.15, 0.2) is 67.3 Å². The molecule has 158 valence electrons. The molecule has 2 aromatic carbocycles. The van der Waals surface area contributed by atoms with Crippen molar-refractivity contribution in [2.45, 2.75) is 52.4 Å². The van der Waals surface area contributed by atoms with Crippen LogP contribution in [-0.4, -0.2) is 10.2 Å². The third-order valence-electron chi connectivity index (χ3n) is 6.35. The SMILES string of the molecule is C=CCc1cc(-c2ccc(O)c(CC=C)c2)c(O)c([C@@H]2C=C(C)CC[C@H]2C(C)C)c1. The maximum atomic E-state index is 11.4. The van der Waals surface area contributed by atoms with Crippen molar-refractivity contribution in [3.8, 4) is 22.6 Å². The molecule has 2 aromatic rings. The van der Waals surface area contributed by atoms with Gasteiger partial charge >= 0.3 is 0 Å². The summed E-state index contributed by atoms with van der Waals surface area (Å²) in [4.78, 5) is 0. The van der Waals surface area contributed by atoms with E-state index in [1.165, 1.54) is 5.57 Å². The van der Waals surface area contributed by atoms with Gasteiger partial charge in [0.15, 0.2) is 0 Å². The maximum absolute atomic E-state index is 11.4. The highest BCUT2D eigenvalue weighted by Crippen LogP contribution is 2.46. The second-order valence-corrected chi connectivity index (χ2v) is 8.90. The van der Waals surface area contributed by atoms with Crippen LogP contribution >= 0.6 is 0 Å². The lowest BCUT2D eigenvalue weighted by Gasteiger charge is -2.34. The Kier molecular flexibility index (Phi) is 6.87. The van der Waals surface area contributed by atoms with Gasteiger partial charge < -0.3 is 10.2 Å². The van der Waals surface area contributed by atoms with Crippen molar-refractivity contribution in [3.05, 3.63) is 84.0 Å². The van der Waals surface area contributed by atoms with Crippen molar-refractivity contribution in [3.63, 3.8) is 0 Å². The fraction of sp³-hybridized carbons (Fsp3) is 0.357. The summed E-state index contributed by atoms with van der Waals surface area (Å²) in [5, 5.41) is 21.6. The number of hydrogen-bond acceptors (Lipinski definition) is 2. The van der Waals surface area contributed by atoms with Crippen LogP contribution in [0.2, 0.25) is 0 Å². The molecular weight excluding hydrogens is 368 g/mol. The van der Waals surface area contributed by atoms with Crippen molar-refractivity contribution in [1.82, 2.24) is 0 Å². The first-order chi connectivity index (χ1) is 14.3. The molecule has 2 heteroatoms. The Hall–Kier alpha value is -2.74. The zero-order chi connectivity index (χ0) is 21.8. The van der Waals surface area contributed by atoms with Gasteiger partial charge in [0.1, 0.15) is 11.5 Å². The van der Waals surface area contributed by atoms with Crippen LogP contribution in [0.25, 0.3) is 11.1 Å². The van der Waals surface area contributed by atoms with Crippen molar-refractivity contribution >= 4 is 0 Å². The molecule has 2 nitrogen and oxygen atoms in total. The molecule has 0 unspecified atom stereocenters. The van der Waals surface area contributed by atoms with E-state index in [-0.39, 0.29) is 11.7 Å². The van der Waals surface area contributed by atoms with Crippen LogP contribution in [0.1, 0.15) is 56.2 Å². The molecular formula is C28H34O2. The lowest BCUT2D eigenvalue weighted by Crippen LogP contribution is -2.21. The van der Waals surface area contributed by atoms with Gasteiger partial charge in [0.05, 0.1) is 0 Å². The lowest BCUT2D eigenvalue weighted by molar-refractivity contribution is 0.310. The number of benzene rings is 2. The van der Waals surface area contributed by atoms with Crippen molar-refractivity contribution in [1.29, 1.82) is 0 Å². The van der Waals surface area contributed by atoms with Crippen LogP contribution in [0.4, 0.5) is 0 Å². The average Bonchev–Trinajstić information content (AvgIpc) is 2.71. The zero-order valence-electron chi connectivity index (χ0n) is 18.5. The Balaban J connectivity index is 2.20. The van der Waals surface area contributed by atoms with Gasteiger partial charge in [-0.15, -0.1) is 13.2 Å². The number of hydrogen-bond donors (Lipinski definition) is 2. The minimum Gasteiger partial charge on any atom is -0.508 e. The van der Waals surface area contributed by atoms with Crippen LogP contribution < -0.4 is 0 Å². The number of rotatable bonds is 7. The average molecular weight is 403 g/mol. The number of phenols is 2. The predicted molar refractivity (Wildman–Crippen MR) is 127 cm³/mol. The summed E-state index contributed by atoms with van der Waals surface area (Å²) in [5.74, 6) is 1.85. The van der Waals surface area contributed by atoms with Gasteiger partial charge in [0.25, 0.3) is 0 Å². The van der Waals surface area contributed by atoms with Gasteiger partial charge in [0.2, 0.25) is 0 Å². The number of allylic oxidation sites excluding steroid dienone is 4. The predicted octanol–water partition coefficient (Wildman–Crippen LogP) is 7.32. The quantitative estimate of drug-likeness (QED) is 0.476. The molecule has 0 heterocycles. The van der Waals surface area contributed by atoms with Crippen molar-refractivity contribution < 1.29 is 10.2 Å². The molecule has 3 rings (SSSR count). The summed E-state index contributed by atoms with van der Waals surface area (Å²) < 4.78 is 0. The van der Waals surface area contributed by atoms with Gasteiger partial charge in [-0.2, -0.15) is 0 Å². The number of aromatic hydroxyl groups is 2. The minimum atomic E-state index is 0.201. The first kappa shape index (κ1) is 22.0. The fourth-order valence-corrected chi connectivity index (χ4v) is 4.71. The molecule has 0 radical (unpaired) electrons. The molecule has 1 aliphatic carbocycles. The highest BCUT2D eigenvalue weighted by molar-refractivity contribution is 5.75. The summed E-state index contributed by atoms with van der Waals surface area (Å²) in [6.07, 6.45) is 9.64. The Morgan fingerprint density at radius 2 is 1.80 bits per heavy atom. The normalized spacial score (nSPS) is 18.9. The van der Waals surface area contributed by atoms with E-state index in [2.05, 4.69) is 46.1 Å². The Morgan fingerprint density at radius 1 is 1.07 bits per heavy atom. The molecule has 0 saturated heterocycles. The van der Waals surface area contributed by atoms with E-state index in [0.717, 1.165) is 47.1 Å². The molecule has 30 heavy (non-hydrogen) atoms. The highest BCUT2D eigenvalue weighted by Gasteiger charge is 2.30. The van der Waals surface area contributed by atoms with Gasteiger partial charge in [-0.05, 0) is 79.3 Å². The van der Waals surface area contributed by atoms with E-state index in [1.807, 2.05) is 24.3 Å². The van der Waals surface area contributed by atoms with E-state index < -0.39 is 0 Å². The van der Waals surface area contributed by atoms with Crippen LogP contribution in [-0.2, 0) is 12.8 Å². The number of phenolic OH excluding ortho intramolecular Hbond substituents is 2. The zero-order valence-corrected chi connectivity index (χ0v) is 18.5. The highest BCUT2D eigenvalue weighted by atomic mass is 16.3. The molecule has 0 fully saturated rings. The lowest BCUT2D eigenvalue weighted by atomic mass is 9.71. The van der Waals surface area contributed by atoms with E-state index in [4.69, 9.17) is 0 Å². The standard InChI is InChI=1S/C28H34O2/c1-6-8-20-15-24(21-11-13-27(29)22(17-21)9-7-2)28(30)26(16-20)25-14-19(5)10-12-23(25)18(3)4/h6-7,11,13-18,23,25,29-30H,1-2,8-10,12H2,3-5H3/t23-,25+/m0/s1. The molecule has 2 N–H and O–H groups in total. The maximum Gasteiger partial charge on any atom is 0.127 e. The van der Waals surface area contributed by atoms with E-state index in [0.29, 0.717) is 24.0 Å². The summed E-state index contributed by atoms with van der Waals surface area (Å²) in [6, 6.07) is 9.74. The van der Waals surface area contributed by atoms with Gasteiger partial charge in [-0.3, -0.25) is 0 Å². The Morgan fingerprint density at radius 3 is 2.47 bits per heavy atom. The molecule has 0 bridgehead atoms. The van der Waals surface area contributed by atoms with Gasteiger partial charge in [0, 0.05) is 17.0 Å². The molecule has 0 spiro atoms. The molecule has 0 aliphatic heterocycles. The molecule has 2 atom stereocenters. The van der Waals surface area contributed by atoms with E-state index >= 15 is 0 Å². The fourth-order valence-electron chi connectivity index (χ4n) is 4.71. The topological polar surface area (TPSA) is 40.5 Å². The molecule has 0 aromatic heterocycles. The third-order valence-corrected chi connectivity index (χ3v) is 6.35. The van der Waals surface area contributed by atoms with E-state index in [1.54, 1.807) is 12.1 Å². The summed E-state index contributed by atoms with van der Waals surface area (Å²) >= 11 is 0. The van der Waals surface area contributed by atoms with Crippen molar-refractivity contribution in [2.24, 2.45) is 11.8 Å². The largest absolute Gasteiger partial charge is 0.508 e.